The number of thiazole rings is 1. The number of nitrogens with zero attached hydrogens (tertiary/aromatic N) is 3. The molecule has 6 nitrogen and oxygen atoms in total. The van der Waals surface area contributed by atoms with Crippen LogP contribution in [0.2, 0.25) is 0 Å². The van der Waals surface area contributed by atoms with E-state index in [1.807, 2.05) is 19.1 Å². The fourth-order valence-electron chi connectivity index (χ4n) is 2.39. The molecule has 0 spiro atoms. The van der Waals surface area contributed by atoms with Gasteiger partial charge in [-0.15, -0.1) is 11.3 Å². The van der Waals surface area contributed by atoms with Gasteiger partial charge in [-0.05, 0) is 19.1 Å². The highest BCUT2D eigenvalue weighted by Gasteiger charge is 2.13. The summed E-state index contributed by atoms with van der Waals surface area (Å²) in [6.07, 6.45) is 2.39. The smallest absolute Gasteiger partial charge is 0.187 e. The van der Waals surface area contributed by atoms with E-state index in [4.69, 9.17) is 9.47 Å². The van der Waals surface area contributed by atoms with Crippen LogP contribution in [-0.4, -0.2) is 35.7 Å². The molecule has 1 N–H and O–H groups in total. The van der Waals surface area contributed by atoms with Crippen molar-refractivity contribution in [3.8, 4) is 11.5 Å². The number of ether oxygens (including phenoxy) is 2. The summed E-state index contributed by atoms with van der Waals surface area (Å²) < 4.78 is 10.7. The van der Waals surface area contributed by atoms with Gasteiger partial charge in [-0.1, -0.05) is 0 Å². The average molecular weight is 330 g/mol. The molecule has 2 heterocycles. The zero-order valence-electron chi connectivity index (χ0n) is 13.3. The van der Waals surface area contributed by atoms with E-state index >= 15 is 0 Å². The Morgan fingerprint density at radius 3 is 2.74 bits per heavy atom. The quantitative estimate of drug-likeness (QED) is 0.749. The number of aromatic nitrogens is 3. The maximum Gasteiger partial charge on any atom is 0.187 e. The lowest BCUT2D eigenvalue weighted by Gasteiger charge is -2.12. The standard InChI is InChI=1S/C16H18N4O2S/c1-10-8-23-13(20-10)6-7-17-16-11-4-5-12(21-2)15(22-3)14(11)18-9-19-16/h4-5,8-9H,6-7H2,1-3H3,(H,17,18,19). The predicted molar refractivity (Wildman–Crippen MR) is 91.7 cm³/mol. The molecule has 0 aliphatic rings. The number of aryl methyl sites for hydroxylation is 1. The molecule has 0 fully saturated rings. The number of methoxy groups -OCH3 is 2. The Labute approximate surface area is 138 Å². The van der Waals surface area contributed by atoms with E-state index in [9.17, 15) is 0 Å². The zero-order valence-corrected chi connectivity index (χ0v) is 14.1. The Balaban J connectivity index is 1.83. The maximum atomic E-state index is 5.43. The van der Waals surface area contributed by atoms with Crippen molar-refractivity contribution < 1.29 is 9.47 Å². The lowest BCUT2D eigenvalue weighted by Crippen LogP contribution is -2.07. The van der Waals surface area contributed by atoms with Crippen LogP contribution < -0.4 is 14.8 Å². The second-order valence-electron chi connectivity index (χ2n) is 4.98. The van der Waals surface area contributed by atoms with Crippen LogP contribution in [0.15, 0.2) is 23.8 Å². The highest BCUT2D eigenvalue weighted by molar-refractivity contribution is 7.09. The van der Waals surface area contributed by atoms with Crippen LogP contribution in [0.3, 0.4) is 0 Å². The molecule has 0 amide bonds. The van der Waals surface area contributed by atoms with Crippen LogP contribution in [0, 0.1) is 6.92 Å². The van der Waals surface area contributed by atoms with Crippen molar-refractivity contribution in [2.75, 3.05) is 26.1 Å². The highest BCUT2D eigenvalue weighted by atomic mass is 32.1. The molecule has 23 heavy (non-hydrogen) atoms. The van der Waals surface area contributed by atoms with Gasteiger partial charge >= 0.3 is 0 Å². The lowest BCUT2D eigenvalue weighted by molar-refractivity contribution is 0.358. The van der Waals surface area contributed by atoms with E-state index in [1.165, 1.54) is 6.33 Å². The SMILES string of the molecule is COc1ccc2c(NCCc3nc(C)cs3)ncnc2c1OC. The van der Waals surface area contributed by atoms with Gasteiger partial charge in [-0.2, -0.15) is 0 Å². The number of nitrogens with one attached hydrogen (secondary N) is 1. The summed E-state index contributed by atoms with van der Waals surface area (Å²) in [4.78, 5) is 13.1. The molecule has 120 valence electrons. The molecule has 0 aliphatic carbocycles. The van der Waals surface area contributed by atoms with Crippen molar-refractivity contribution in [3.05, 3.63) is 34.5 Å². The summed E-state index contributed by atoms with van der Waals surface area (Å²) in [6, 6.07) is 3.80. The first kappa shape index (κ1) is 15.5. The van der Waals surface area contributed by atoms with Crippen LogP contribution in [0.5, 0.6) is 11.5 Å². The van der Waals surface area contributed by atoms with E-state index in [-0.39, 0.29) is 0 Å². The zero-order chi connectivity index (χ0) is 16.2. The largest absolute Gasteiger partial charge is 0.493 e. The van der Waals surface area contributed by atoms with Gasteiger partial charge in [0.15, 0.2) is 11.5 Å². The van der Waals surface area contributed by atoms with Gasteiger partial charge in [0.05, 0.1) is 19.2 Å². The molecule has 3 aromatic rings. The van der Waals surface area contributed by atoms with E-state index < -0.39 is 0 Å². The number of fused-ring (bicyclic) bond motifs is 1. The van der Waals surface area contributed by atoms with Crippen LogP contribution >= 0.6 is 11.3 Å². The van der Waals surface area contributed by atoms with E-state index in [1.54, 1.807) is 25.6 Å². The number of benzene rings is 1. The van der Waals surface area contributed by atoms with Gasteiger partial charge in [0.1, 0.15) is 17.7 Å². The van der Waals surface area contributed by atoms with Crippen LogP contribution in [0.1, 0.15) is 10.7 Å². The van der Waals surface area contributed by atoms with Crippen molar-refractivity contribution in [2.24, 2.45) is 0 Å². The third-order valence-corrected chi connectivity index (χ3v) is 4.47. The van der Waals surface area contributed by atoms with Gasteiger partial charge in [-0.25, -0.2) is 15.0 Å². The average Bonchev–Trinajstić information content (AvgIpc) is 2.99. The highest BCUT2D eigenvalue weighted by Crippen LogP contribution is 2.35. The van der Waals surface area contributed by atoms with Gasteiger partial charge in [0.2, 0.25) is 0 Å². The van der Waals surface area contributed by atoms with Gasteiger partial charge in [0.25, 0.3) is 0 Å². The van der Waals surface area contributed by atoms with Crippen molar-refractivity contribution in [3.63, 3.8) is 0 Å². The van der Waals surface area contributed by atoms with Crippen LogP contribution in [0.25, 0.3) is 10.9 Å². The fraction of sp³-hybridized carbons (Fsp3) is 0.312. The summed E-state index contributed by atoms with van der Waals surface area (Å²) in [7, 11) is 3.22. The maximum absolute atomic E-state index is 5.43. The molecule has 0 bridgehead atoms. The van der Waals surface area contributed by atoms with Crippen molar-refractivity contribution in [1.29, 1.82) is 0 Å². The van der Waals surface area contributed by atoms with Gasteiger partial charge in [-0.3, -0.25) is 0 Å². The second kappa shape index (κ2) is 6.78. The fourth-order valence-corrected chi connectivity index (χ4v) is 3.17. The molecule has 3 rings (SSSR count). The van der Waals surface area contributed by atoms with E-state index in [0.717, 1.165) is 40.4 Å². The van der Waals surface area contributed by atoms with Crippen molar-refractivity contribution >= 4 is 28.1 Å². The first-order valence-corrected chi connectivity index (χ1v) is 8.11. The van der Waals surface area contributed by atoms with Gasteiger partial charge in [0, 0.05) is 29.4 Å². The molecule has 0 saturated heterocycles. The molecule has 2 aromatic heterocycles. The minimum Gasteiger partial charge on any atom is -0.493 e. The number of rotatable bonds is 6. The summed E-state index contributed by atoms with van der Waals surface area (Å²) in [6.45, 7) is 2.76. The summed E-state index contributed by atoms with van der Waals surface area (Å²) in [5.41, 5.74) is 1.80. The Morgan fingerprint density at radius 1 is 1.17 bits per heavy atom. The van der Waals surface area contributed by atoms with E-state index in [2.05, 4.69) is 25.6 Å². The van der Waals surface area contributed by atoms with E-state index in [0.29, 0.717) is 11.5 Å². The Bertz CT molecular complexity index is 819. The number of hydrogen-bond donors (Lipinski definition) is 1. The first-order chi connectivity index (χ1) is 11.2. The molecule has 0 saturated carbocycles. The third-order valence-electron chi connectivity index (χ3n) is 3.45. The Morgan fingerprint density at radius 2 is 2.04 bits per heavy atom. The lowest BCUT2D eigenvalue weighted by atomic mass is 10.2. The Kier molecular flexibility index (Phi) is 4.57. The Hall–Kier alpha value is -2.41. The molecule has 0 unspecified atom stereocenters. The summed E-state index contributed by atoms with van der Waals surface area (Å²) >= 11 is 1.68. The molecule has 1 aromatic carbocycles. The van der Waals surface area contributed by atoms with Crippen molar-refractivity contribution in [1.82, 2.24) is 15.0 Å². The predicted octanol–water partition coefficient (Wildman–Crippen LogP) is 3.07. The minimum atomic E-state index is 0.617. The van der Waals surface area contributed by atoms with Crippen LogP contribution in [-0.2, 0) is 6.42 Å². The van der Waals surface area contributed by atoms with Crippen LogP contribution in [0.4, 0.5) is 5.82 Å². The van der Waals surface area contributed by atoms with Crippen molar-refractivity contribution in [2.45, 2.75) is 13.3 Å². The number of anilines is 1. The summed E-state index contributed by atoms with van der Waals surface area (Å²) in [5, 5.41) is 7.44. The first-order valence-electron chi connectivity index (χ1n) is 7.23. The molecule has 0 aliphatic heterocycles. The normalized spacial score (nSPS) is 10.7. The molecular weight excluding hydrogens is 312 g/mol. The monoisotopic (exact) mass is 330 g/mol. The topological polar surface area (TPSA) is 69.2 Å². The molecule has 7 heteroatoms. The van der Waals surface area contributed by atoms with Gasteiger partial charge < -0.3 is 14.8 Å². The molecular formula is C16H18N4O2S. The summed E-state index contributed by atoms with van der Waals surface area (Å²) in [5.74, 6) is 2.05. The minimum absolute atomic E-state index is 0.617. The second-order valence-corrected chi connectivity index (χ2v) is 5.92. The number of hydrogen-bond acceptors (Lipinski definition) is 7. The third kappa shape index (κ3) is 3.19. The molecule has 0 radical (unpaired) electrons. The molecule has 0 atom stereocenters.